The topological polar surface area (TPSA) is 46.3 Å². The molecule has 0 unspecified atom stereocenters. The normalized spacial score (nSPS) is 43.6. The van der Waals surface area contributed by atoms with Gasteiger partial charge < -0.3 is 9.52 Å². The predicted octanol–water partition coefficient (Wildman–Crippen LogP) is 5.84. The number of hydrogen-bond donors (Lipinski definition) is 1. The Bertz CT molecular complexity index is 851. The fourth-order valence-corrected chi connectivity index (χ4v) is 8.94. The zero-order valence-corrected chi connectivity index (χ0v) is 19.2. The third-order valence-electron chi connectivity index (χ3n) is 10.1. The van der Waals surface area contributed by atoms with Crippen LogP contribution in [-0.2, 0) is 11.8 Å². The van der Waals surface area contributed by atoms with E-state index in [4.69, 9.17) is 9.40 Å². The van der Waals surface area contributed by atoms with Crippen LogP contribution in [0.3, 0.4) is 0 Å². The summed E-state index contributed by atoms with van der Waals surface area (Å²) in [6, 6.07) is 0. The minimum Gasteiger partial charge on any atom is -0.445 e. The highest BCUT2D eigenvalue weighted by molar-refractivity contribution is 5.43. The van der Waals surface area contributed by atoms with Crippen LogP contribution in [-0.4, -0.2) is 16.7 Å². The first kappa shape index (κ1) is 19.8. The molecule has 1 N–H and O–H groups in total. The van der Waals surface area contributed by atoms with Gasteiger partial charge in [-0.25, -0.2) is 4.98 Å². The van der Waals surface area contributed by atoms with Gasteiger partial charge in [-0.1, -0.05) is 32.4 Å². The summed E-state index contributed by atoms with van der Waals surface area (Å²) >= 11 is 0. The first-order valence-electron chi connectivity index (χ1n) is 11.9. The van der Waals surface area contributed by atoms with E-state index in [9.17, 15) is 5.11 Å². The molecule has 4 aliphatic carbocycles. The van der Waals surface area contributed by atoms with E-state index in [0.717, 1.165) is 35.8 Å². The van der Waals surface area contributed by atoms with Crippen molar-refractivity contribution in [2.45, 2.75) is 85.5 Å². The van der Waals surface area contributed by atoms with Gasteiger partial charge >= 0.3 is 0 Å². The van der Waals surface area contributed by atoms with E-state index in [1.807, 2.05) is 6.92 Å². The number of aliphatic hydroxyl groups is 1. The average molecular weight is 398 g/mol. The molecule has 5 rings (SSSR count). The lowest BCUT2D eigenvalue weighted by Crippen LogP contribution is -2.53. The smallest absolute Gasteiger partial charge is 0.191 e. The summed E-state index contributed by atoms with van der Waals surface area (Å²) in [5, 5.41) is 9.85. The molecule has 0 saturated heterocycles. The van der Waals surface area contributed by atoms with Crippen LogP contribution in [0.2, 0.25) is 0 Å². The van der Waals surface area contributed by atoms with E-state index in [1.54, 1.807) is 5.57 Å². The van der Waals surface area contributed by atoms with Crippen LogP contribution in [0.4, 0.5) is 0 Å². The van der Waals surface area contributed by atoms with Gasteiger partial charge in [0.15, 0.2) is 5.89 Å². The van der Waals surface area contributed by atoms with Gasteiger partial charge in [-0.15, -0.1) is 0 Å². The number of aromatic nitrogens is 1. The lowest BCUT2D eigenvalue weighted by molar-refractivity contribution is -0.0525. The maximum atomic E-state index is 9.85. The second-order valence-electron chi connectivity index (χ2n) is 11.8. The Hall–Kier alpha value is -1.09. The van der Waals surface area contributed by atoms with Crippen LogP contribution < -0.4 is 0 Å². The molecule has 2 saturated carbocycles. The van der Waals surface area contributed by atoms with Gasteiger partial charge in [0.05, 0.1) is 5.69 Å². The molecule has 0 bridgehead atoms. The highest BCUT2D eigenvalue weighted by Gasteiger charge is 2.61. The van der Waals surface area contributed by atoms with Crippen molar-refractivity contribution in [2.75, 3.05) is 6.61 Å². The van der Waals surface area contributed by atoms with Crippen LogP contribution in [0, 0.1) is 47.3 Å². The van der Waals surface area contributed by atoms with Crippen molar-refractivity contribution >= 4 is 0 Å². The summed E-state index contributed by atoms with van der Waals surface area (Å²) in [6.45, 7) is 14.4. The molecule has 160 valence electrons. The molecule has 4 aliphatic rings. The molecule has 1 heterocycles. The van der Waals surface area contributed by atoms with Gasteiger partial charge in [0.25, 0.3) is 0 Å². The van der Waals surface area contributed by atoms with E-state index >= 15 is 0 Å². The first-order chi connectivity index (χ1) is 13.6. The van der Waals surface area contributed by atoms with Gasteiger partial charge in [-0.2, -0.15) is 0 Å². The Balaban J connectivity index is 1.54. The van der Waals surface area contributed by atoms with E-state index < -0.39 is 0 Å². The molecule has 0 spiro atoms. The van der Waals surface area contributed by atoms with Crippen LogP contribution in [0.1, 0.15) is 84.1 Å². The quantitative estimate of drug-likeness (QED) is 0.638. The summed E-state index contributed by atoms with van der Waals surface area (Å²) in [7, 11) is 0. The Morgan fingerprint density at radius 3 is 2.66 bits per heavy atom. The second kappa shape index (κ2) is 6.22. The number of hydrogen-bond acceptors (Lipinski definition) is 3. The molecular weight excluding hydrogens is 358 g/mol. The monoisotopic (exact) mass is 397 g/mol. The van der Waals surface area contributed by atoms with Gasteiger partial charge in [-0.05, 0) is 86.4 Å². The summed E-state index contributed by atoms with van der Waals surface area (Å²) in [5.74, 6) is 5.37. The molecule has 1 aromatic rings. The lowest BCUT2D eigenvalue weighted by Gasteiger charge is -2.59. The number of fused-ring (bicyclic) bond motifs is 6. The standard InChI is InChI=1S/C26H39NO2/c1-15(14-28)18-8-9-19-17-7-10-22-24(3,4)23-21(27-16(2)29-23)13-26(22,6)20(17)11-12-25(18,19)5/h10,15,17-20,28H,7-9,11-14H2,1-6H3/t15-,17+,18-,19+,20+,25-,26-/m1/s1. The van der Waals surface area contributed by atoms with Crippen molar-refractivity contribution in [3.05, 3.63) is 29.0 Å². The van der Waals surface area contributed by atoms with Gasteiger partial charge in [0.2, 0.25) is 0 Å². The molecule has 3 nitrogen and oxygen atoms in total. The fourth-order valence-electron chi connectivity index (χ4n) is 8.94. The minimum absolute atomic E-state index is 0.0566. The summed E-state index contributed by atoms with van der Waals surface area (Å²) < 4.78 is 6.11. The number of aliphatic hydroxyl groups excluding tert-OH is 1. The molecule has 0 amide bonds. The van der Waals surface area contributed by atoms with Crippen molar-refractivity contribution in [1.82, 2.24) is 4.98 Å². The molecule has 7 atom stereocenters. The largest absolute Gasteiger partial charge is 0.445 e. The van der Waals surface area contributed by atoms with Gasteiger partial charge in [0.1, 0.15) is 5.76 Å². The Kier molecular flexibility index (Phi) is 4.25. The van der Waals surface area contributed by atoms with Crippen molar-refractivity contribution in [3.8, 4) is 0 Å². The number of allylic oxidation sites excluding steroid dienone is 2. The van der Waals surface area contributed by atoms with Crippen LogP contribution in [0.25, 0.3) is 0 Å². The molecule has 29 heavy (non-hydrogen) atoms. The molecule has 3 heteroatoms. The summed E-state index contributed by atoms with van der Waals surface area (Å²) in [5.41, 5.74) is 3.37. The highest BCUT2D eigenvalue weighted by Crippen LogP contribution is 2.68. The van der Waals surface area contributed by atoms with E-state index in [1.165, 1.54) is 37.8 Å². The van der Waals surface area contributed by atoms with Crippen LogP contribution >= 0.6 is 0 Å². The maximum absolute atomic E-state index is 9.85. The maximum Gasteiger partial charge on any atom is 0.191 e. The number of aryl methyl sites for hydroxylation is 1. The van der Waals surface area contributed by atoms with Gasteiger partial charge in [-0.3, -0.25) is 0 Å². The minimum atomic E-state index is -0.0566. The fraction of sp³-hybridized carbons (Fsp3) is 0.808. The number of oxazole rings is 1. The highest BCUT2D eigenvalue weighted by atomic mass is 16.4. The Morgan fingerprint density at radius 1 is 1.17 bits per heavy atom. The zero-order valence-electron chi connectivity index (χ0n) is 19.2. The molecular formula is C26H39NO2. The predicted molar refractivity (Wildman–Crippen MR) is 116 cm³/mol. The third-order valence-corrected chi connectivity index (χ3v) is 10.1. The Morgan fingerprint density at radius 2 is 1.93 bits per heavy atom. The summed E-state index contributed by atoms with van der Waals surface area (Å²) in [6.07, 6.45) is 10.2. The van der Waals surface area contributed by atoms with Crippen molar-refractivity contribution in [1.29, 1.82) is 0 Å². The number of rotatable bonds is 2. The Labute approximate surface area is 176 Å². The molecule has 1 aromatic heterocycles. The second-order valence-corrected chi connectivity index (χ2v) is 11.8. The van der Waals surface area contributed by atoms with E-state index in [-0.39, 0.29) is 10.8 Å². The molecule has 0 aliphatic heterocycles. The van der Waals surface area contributed by atoms with Crippen LogP contribution in [0.5, 0.6) is 0 Å². The van der Waals surface area contributed by atoms with Crippen molar-refractivity contribution in [2.24, 2.45) is 40.4 Å². The van der Waals surface area contributed by atoms with Crippen molar-refractivity contribution in [3.63, 3.8) is 0 Å². The SMILES string of the molecule is Cc1nc2c(o1)C(C)(C)C1=CC[C@H]3[C@@H]4CC[C@H]([C@H](C)CO)[C@@]4(C)CC[C@@H]3[C@@]1(C)C2. The van der Waals surface area contributed by atoms with Gasteiger partial charge in [0, 0.05) is 25.4 Å². The average Bonchev–Trinajstić information content (AvgIpc) is 3.20. The zero-order chi connectivity index (χ0) is 20.8. The van der Waals surface area contributed by atoms with Crippen LogP contribution in [0.15, 0.2) is 16.1 Å². The molecule has 0 aromatic carbocycles. The van der Waals surface area contributed by atoms with Crippen molar-refractivity contribution < 1.29 is 9.52 Å². The first-order valence-corrected chi connectivity index (χ1v) is 11.9. The molecule has 2 fully saturated rings. The number of nitrogens with zero attached hydrogens (tertiary/aromatic N) is 1. The van der Waals surface area contributed by atoms with E-state index in [2.05, 4.69) is 40.7 Å². The van der Waals surface area contributed by atoms with E-state index in [0.29, 0.717) is 23.9 Å². The third kappa shape index (κ3) is 2.49. The molecule has 0 radical (unpaired) electrons. The lowest BCUT2D eigenvalue weighted by atomic mass is 9.45. The summed E-state index contributed by atoms with van der Waals surface area (Å²) in [4.78, 5) is 4.83.